The van der Waals surface area contributed by atoms with Crippen molar-refractivity contribution in [2.75, 3.05) is 0 Å². The van der Waals surface area contributed by atoms with E-state index in [1.165, 1.54) is 12.1 Å². The second kappa shape index (κ2) is 4.46. The number of benzene rings is 3. The molecule has 3 rings (SSSR count). The predicted octanol–water partition coefficient (Wildman–Crippen LogP) is 4.93. The van der Waals surface area contributed by atoms with Crippen LogP contribution in [0.4, 0.5) is 4.39 Å². The largest absolute Gasteiger partial charge is 0.207 e. The minimum Gasteiger partial charge on any atom is -0.207 e. The fourth-order valence-electron chi connectivity index (χ4n) is 2.12. The van der Waals surface area contributed by atoms with Crippen molar-refractivity contribution < 1.29 is 4.39 Å². The van der Waals surface area contributed by atoms with Crippen LogP contribution in [0.3, 0.4) is 0 Å². The van der Waals surface area contributed by atoms with Crippen molar-refractivity contribution in [1.82, 2.24) is 0 Å². The molecular formula is C16H11FS. The molecule has 0 spiro atoms. The first-order valence-corrected chi connectivity index (χ1v) is 6.17. The summed E-state index contributed by atoms with van der Waals surface area (Å²) in [6, 6.07) is 18.7. The molecule has 0 radical (unpaired) electrons. The maximum Gasteiger partial charge on any atom is 0.123 e. The van der Waals surface area contributed by atoms with Crippen LogP contribution in [-0.4, -0.2) is 0 Å². The molecule has 0 aromatic heterocycles. The molecule has 18 heavy (non-hydrogen) atoms. The minimum absolute atomic E-state index is 0.222. The first-order chi connectivity index (χ1) is 8.75. The molecule has 0 aliphatic carbocycles. The van der Waals surface area contributed by atoms with Crippen LogP contribution in [0.1, 0.15) is 0 Å². The highest BCUT2D eigenvalue weighted by Gasteiger charge is 2.06. The van der Waals surface area contributed by atoms with Gasteiger partial charge in [0.15, 0.2) is 0 Å². The molecule has 0 fully saturated rings. The Morgan fingerprint density at radius 2 is 1.50 bits per heavy atom. The Morgan fingerprint density at radius 1 is 0.778 bits per heavy atom. The normalized spacial score (nSPS) is 10.8. The summed E-state index contributed by atoms with van der Waals surface area (Å²) >= 11 is 4.61. The molecule has 2 heteroatoms. The molecule has 0 aliphatic heterocycles. The van der Waals surface area contributed by atoms with Crippen molar-refractivity contribution in [2.24, 2.45) is 0 Å². The van der Waals surface area contributed by atoms with Crippen LogP contribution in [0.15, 0.2) is 65.6 Å². The third-order valence-electron chi connectivity index (χ3n) is 3.06. The molecule has 0 bridgehead atoms. The van der Waals surface area contributed by atoms with E-state index in [4.69, 9.17) is 0 Å². The van der Waals surface area contributed by atoms with Gasteiger partial charge in [-0.1, -0.05) is 48.5 Å². The Bertz CT molecular complexity index is 702. The fourth-order valence-corrected chi connectivity index (χ4v) is 2.52. The van der Waals surface area contributed by atoms with Gasteiger partial charge < -0.3 is 0 Å². The average Bonchev–Trinajstić information content (AvgIpc) is 2.41. The number of halogens is 1. The smallest absolute Gasteiger partial charge is 0.123 e. The number of rotatable bonds is 1. The quantitative estimate of drug-likeness (QED) is 0.584. The third kappa shape index (κ3) is 1.89. The highest BCUT2D eigenvalue weighted by molar-refractivity contribution is 7.80. The van der Waals surface area contributed by atoms with Crippen LogP contribution in [0.5, 0.6) is 0 Å². The number of hydrogen-bond acceptors (Lipinski definition) is 1. The SMILES string of the molecule is Fc1ccc(-c2ccc3ccccc3c2S)cc1. The summed E-state index contributed by atoms with van der Waals surface area (Å²) < 4.78 is 12.9. The summed E-state index contributed by atoms with van der Waals surface area (Å²) in [6.07, 6.45) is 0. The Labute approximate surface area is 110 Å². The van der Waals surface area contributed by atoms with Crippen molar-refractivity contribution in [3.63, 3.8) is 0 Å². The zero-order valence-electron chi connectivity index (χ0n) is 9.60. The lowest BCUT2D eigenvalue weighted by Gasteiger charge is -2.08. The van der Waals surface area contributed by atoms with Crippen LogP contribution < -0.4 is 0 Å². The summed E-state index contributed by atoms with van der Waals surface area (Å²) in [5, 5.41) is 2.27. The third-order valence-corrected chi connectivity index (χ3v) is 3.54. The Balaban J connectivity index is 2.24. The first kappa shape index (κ1) is 11.3. The molecular weight excluding hydrogens is 243 g/mol. The summed E-state index contributed by atoms with van der Waals surface area (Å²) in [4.78, 5) is 0.930. The molecule has 0 aliphatic rings. The summed E-state index contributed by atoms with van der Waals surface area (Å²) in [5.41, 5.74) is 2.00. The lowest BCUT2D eigenvalue weighted by molar-refractivity contribution is 0.628. The highest BCUT2D eigenvalue weighted by Crippen LogP contribution is 2.32. The molecule has 0 amide bonds. The number of thiol groups is 1. The van der Waals surface area contributed by atoms with E-state index >= 15 is 0 Å². The van der Waals surface area contributed by atoms with E-state index in [1.807, 2.05) is 24.3 Å². The highest BCUT2D eigenvalue weighted by atomic mass is 32.1. The fraction of sp³-hybridized carbons (Fsp3) is 0. The lowest BCUT2D eigenvalue weighted by Crippen LogP contribution is -1.83. The van der Waals surface area contributed by atoms with Gasteiger partial charge in [-0.25, -0.2) is 4.39 Å². The maximum atomic E-state index is 12.9. The molecule has 0 saturated carbocycles. The predicted molar refractivity (Wildman–Crippen MR) is 76.6 cm³/mol. The van der Waals surface area contributed by atoms with Gasteiger partial charge in [0.2, 0.25) is 0 Å². The topological polar surface area (TPSA) is 0 Å². The van der Waals surface area contributed by atoms with E-state index in [9.17, 15) is 4.39 Å². The van der Waals surface area contributed by atoms with Gasteiger partial charge in [0, 0.05) is 4.90 Å². The summed E-state index contributed by atoms with van der Waals surface area (Å²) in [5.74, 6) is -0.222. The second-order valence-electron chi connectivity index (χ2n) is 4.19. The van der Waals surface area contributed by atoms with E-state index in [2.05, 4.69) is 24.8 Å². The van der Waals surface area contributed by atoms with Gasteiger partial charge in [0.25, 0.3) is 0 Å². The monoisotopic (exact) mass is 254 g/mol. The Kier molecular flexibility index (Phi) is 2.80. The molecule has 0 heterocycles. The first-order valence-electron chi connectivity index (χ1n) is 5.72. The molecule has 0 unspecified atom stereocenters. The van der Waals surface area contributed by atoms with E-state index in [-0.39, 0.29) is 5.82 Å². The van der Waals surface area contributed by atoms with Crippen LogP contribution in [0.2, 0.25) is 0 Å². The van der Waals surface area contributed by atoms with E-state index < -0.39 is 0 Å². The van der Waals surface area contributed by atoms with E-state index in [1.54, 1.807) is 12.1 Å². The van der Waals surface area contributed by atoms with Crippen molar-refractivity contribution in [1.29, 1.82) is 0 Å². The van der Waals surface area contributed by atoms with Gasteiger partial charge in [-0.3, -0.25) is 0 Å². The minimum atomic E-state index is -0.222. The lowest BCUT2D eigenvalue weighted by atomic mass is 10.0. The molecule has 3 aromatic carbocycles. The van der Waals surface area contributed by atoms with Gasteiger partial charge in [-0.15, -0.1) is 12.6 Å². The van der Waals surface area contributed by atoms with Gasteiger partial charge in [0.1, 0.15) is 5.82 Å². The summed E-state index contributed by atoms with van der Waals surface area (Å²) in [6.45, 7) is 0. The molecule has 0 atom stereocenters. The van der Waals surface area contributed by atoms with E-state index in [0.29, 0.717) is 0 Å². The standard InChI is InChI=1S/C16H11FS/c17-13-8-5-12(6-9-13)15-10-7-11-3-1-2-4-14(11)16(15)18/h1-10,18H. The van der Waals surface area contributed by atoms with Crippen molar-refractivity contribution in [2.45, 2.75) is 4.90 Å². The zero-order chi connectivity index (χ0) is 12.5. The van der Waals surface area contributed by atoms with Crippen molar-refractivity contribution in [3.8, 4) is 11.1 Å². The molecule has 88 valence electrons. The number of fused-ring (bicyclic) bond motifs is 1. The van der Waals surface area contributed by atoms with Gasteiger partial charge in [-0.2, -0.15) is 0 Å². The van der Waals surface area contributed by atoms with Crippen LogP contribution in [0.25, 0.3) is 21.9 Å². The molecule has 0 N–H and O–H groups in total. The number of hydrogen-bond donors (Lipinski definition) is 1. The molecule has 0 nitrogen and oxygen atoms in total. The van der Waals surface area contributed by atoms with E-state index in [0.717, 1.165) is 26.8 Å². The van der Waals surface area contributed by atoms with Gasteiger partial charge >= 0.3 is 0 Å². The van der Waals surface area contributed by atoms with Crippen LogP contribution in [0, 0.1) is 5.82 Å². The summed E-state index contributed by atoms with van der Waals surface area (Å²) in [7, 11) is 0. The Morgan fingerprint density at radius 3 is 2.28 bits per heavy atom. The molecule has 0 saturated heterocycles. The van der Waals surface area contributed by atoms with Gasteiger partial charge in [0.05, 0.1) is 0 Å². The average molecular weight is 254 g/mol. The second-order valence-corrected chi connectivity index (χ2v) is 4.64. The Hall–Kier alpha value is -1.80. The zero-order valence-corrected chi connectivity index (χ0v) is 10.5. The van der Waals surface area contributed by atoms with Crippen LogP contribution in [-0.2, 0) is 0 Å². The molecule has 3 aromatic rings. The van der Waals surface area contributed by atoms with Gasteiger partial charge in [-0.05, 0) is 34.0 Å². The van der Waals surface area contributed by atoms with Crippen molar-refractivity contribution in [3.05, 3.63) is 66.5 Å². The van der Waals surface area contributed by atoms with Crippen molar-refractivity contribution >= 4 is 23.4 Å². The van der Waals surface area contributed by atoms with Crippen LogP contribution >= 0.6 is 12.6 Å². The maximum absolute atomic E-state index is 12.9.